The number of hydrogen-bond acceptors (Lipinski definition) is 3. The predicted molar refractivity (Wildman–Crippen MR) is 103 cm³/mol. The molecule has 0 N–H and O–H groups in total. The van der Waals surface area contributed by atoms with Crippen LogP contribution in [0, 0.1) is 23.2 Å². The molecule has 0 unspecified atom stereocenters. The second-order valence-electron chi connectivity index (χ2n) is 8.13. The van der Waals surface area contributed by atoms with E-state index in [1.165, 1.54) is 6.08 Å². The van der Waals surface area contributed by atoms with Crippen LogP contribution in [0.4, 0.5) is 13.2 Å². The fraction of sp³-hybridized carbons (Fsp3) is 0.565. The Morgan fingerprint density at radius 1 is 1.00 bits per heavy atom. The molecule has 2 aliphatic carbocycles. The van der Waals surface area contributed by atoms with E-state index >= 15 is 0 Å². The molecule has 0 aliphatic heterocycles. The maximum atomic E-state index is 12.7. The van der Waals surface area contributed by atoms with Gasteiger partial charge in [0.25, 0.3) is 0 Å². The highest BCUT2D eigenvalue weighted by atomic mass is 19.4. The van der Waals surface area contributed by atoms with Crippen molar-refractivity contribution in [2.45, 2.75) is 69.6 Å². The molecule has 1 aromatic rings. The summed E-state index contributed by atoms with van der Waals surface area (Å²) in [6.07, 6.45) is 5.61. The van der Waals surface area contributed by atoms with Gasteiger partial charge in [-0.2, -0.15) is 18.4 Å². The first-order valence-electron chi connectivity index (χ1n) is 10.3. The van der Waals surface area contributed by atoms with Gasteiger partial charge in [-0.05, 0) is 80.9 Å². The summed E-state index contributed by atoms with van der Waals surface area (Å²) in [7, 11) is 0. The van der Waals surface area contributed by atoms with E-state index in [4.69, 9.17) is 10.00 Å². The molecule has 0 radical (unpaired) electrons. The van der Waals surface area contributed by atoms with Crippen molar-refractivity contribution in [3.63, 3.8) is 0 Å². The molecule has 0 spiro atoms. The lowest BCUT2D eigenvalue weighted by Crippen LogP contribution is -2.29. The Hall–Kier alpha value is -2.29. The second kappa shape index (κ2) is 9.47. The van der Waals surface area contributed by atoms with Gasteiger partial charge in [-0.25, -0.2) is 0 Å². The zero-order chi connectivity index (χ0) is 20.9. The minimum Gasteiger partial charge on any atom is -0.462 e. The molecule has 0 aromatic heterocycles. The van der Waals surface area contributed by atoms with Gasteiger partial charge in [-0.1, -0.05) is 18.2 Å². The van der Waals surface area contributed by atoms with E-state index in [0.717, 1.165) is 56.2 Å². The van der Waals surface area contributed by atoms with Crippen molar-refractivity contribution in [3.8, 4) is 6.07 Å². The van der Waals surface area contributed by atoms with Crippen LogP contribution in [-0.4, -0.2) is 12.1 Å². The van der Waals surface area contributed by atoms with Gasteiger partial charge in [0, 0.05) is 6.08 Å². The Labute approximate surface area is 169 Å². The summed E-state index contributed by atoms with van der Waals surface area (Å²) in [6.45, 7) is 0. The summed E-state index contributed by atoms with van der Waals surface area (Å²) >= 11 is 0. The molecule has 0 heterocycles. The summed E-state index contributed by atoms with van der Waals surface area (Å²) in [5.41, 5.74) is 0.282. The molecule has 3 rings (SSSR count). The van der Waals surface area contributed by atoms with Gasteiger partial charge in [-0.3, -0.25) is 4.79 Å². The van der Waals surface area contributed by atoms with Gasteiger partial charge in [0.1, 0.15) is 6.10 Å². The van der Waals surface area contributed by atoms with E-state index in [9.17, 15) is 18.0 Å². The highest BCUT2D eigenvalue weighted by Gasteiger charge is 2.32. The Kier molecular flexibility index (Phi) is 7.00. The number of alkyl halides is 3. The van der Waals surface area contributed by atoms with Crippen molar-refractivity contribution in [2.75, 3.05) is 0 Å². The Bertz CT molecular complexity index is 748. The lowest BCUT2D eigenvalue weighted by molar-refractivity contribution is -0.157. The third-order valence-electron chi connectivity index (χ3n) is 6.21. The summed E-state index contributed by atoms with van der Waals surface area (Å²) < 4.78 is 43.8. The van der Waals surface area contributed by atoms with Crippen molar-refractivity contribution in [1.29, 1.82) is 5.26 Å². The van der Waals surface area contributed by atoms with E-state index in [0.29, 0.717) is 18.8 Å². The number of carbonyl (C=O) groups is 1. The molecule has 0 amide bonds. The van der Waals surface area contributed by atoms with Crippen molar-refractivity contribution >= 4 is 5.97 Å². The van der Waals surface area contributed by atoms with E-state index in [-0.39, 0.29) is 23.9 Å². The first kappa shape index (κ1) is 21.4. The third kappa shape index (κ3) is 5.85. The standard InChI is InChI=1S/C23H26F3NO2/c24-23(25,26)20-11-9-18(10-12-20)17-5-7-19(8-6-17)22(28)29-21-13-3-16(4-14-21)2-1-15-27/h1-2,9-12,16-17,19,21H,3-8,13-14H2/b2-1+. The Balaban J connectivity index is 1.44. The highest BCUT2D eigenvalue weighted by Crippen LogP contribution is 2.38. The van der Waals surface area contributed by atoms with Crippen LogP contribution in [0.15, 0.2) is 36.4 Å². The van der Waals surface area contributed by atoms with Crippen molar-refractivity contribution < 1.29 is 22.7 Å². The zero-order valence-corrected chi connectivity index (χ0v) is 16.3. The summed E-state index contributed by atoms with van der Waals surface area (Å²) in [6, 6.07) is 7.41. The maximum Gasteiger partial charge on any atom is 0.416 e. The largest absolute Gasteiger partial charge is 0.462 e. The first-order chi connectivity index (χ1) is 13.9. The summed E-state index contributed by atoms with van der Waals surface area (Å²) in [5.74, 6) is 0.344. The number of allylic oxidation sites excluding steroid dienone is 2. The van der Waals surface area contributed by atoms with Gasteiger partial charge >= 0.3 is 12.1 Å². The van der Waals surface area contributed by atoms with Crippen LogP contribution in [0.1, 0.15) is 68.4 Å². The number of rotatable bonds is 4. The molecule has 3 nitrogen and oxygen atoms in total. The monoisotopic (exact) mass is 405 g/mol. The van der Waals surface area contributed by atoms with E-state index < -0.39 is 11.7 Å². The van der Waals surface area contributed by atoms with Gasteiger partial charge in [0.05, 0.1) is 17.6 Å². The first-order valence-corrected chi connectivity index (χ1v) is 10.3. The summed E-state index contributed by atoms with van der Waals surface area (Å²) in [5, 5.41) is 8.60. The lowest BCUT2D eigenvalue weighted by Gasteiger charge is -2.31. The van der Waals surface area contributed by atoms with Crippen LogP contribution in [0.5, 0.6) is 0 Å². The Morgan fingerprint density at radius 2 is 1.62 bits per heavy atom. The summed E-state index contributed by atoms with van der Waals surface area (Å²) in [4.78, 5) is 12.5. The van der Waals surface area contributed by atoms with Crippen LogP contribution >= 0.6 is 0 Å². The molecule has 0 bridgehead atoms. The minimum absolute atomic E-state index is 0.0399. The number of benzene rings is 1. The van der Waals surface area contributed by atoms with Crippen LogP contribution in [0.2, 0.25) is 0 Å². The van der Waals surface area contributed by atoms with Crippen molar-refractivity contribution in [3.05, 3.63) is 47.5 Å². The van der Waals surface area contributed by atoms with Gasteiger partial charge in [-0.15, -0.1) is 0 Å². The SMILES string of the molecule is N#C/C=C/C1CCC(OC(=O)C2CCC(c3ccc(C(F)(F)F)cc3)CC2)CC1. The molecule has 0 atom stereocenters. The van der Waals surface area contributed by atoms with E-state index in [2.05, 4.69) is 0 Å². The number of carbonyl (C=O) groups excluding carboxylic acids is 1. The number of nitriles is 1. The van der Waals surface area contributed by atoms with Gasteiger partial charge < -0.3 is 4.74 Å². The lowest BCUT2D eigenvalue weighted by atomic mass is 9.78. The van der Waals surface area contributed by atoms with Crippen LogP contribution in [0.25, 0.3) is 0 Å². The van der Waals surface area contributed by atoms with Crippen LogP contribution < -0.4 is 0 Å². The molecular weight excluding hydrogens is 379 g/mol. The maximum absolute atomic E-state index is 12.7. The van der Waals surface area contributed by atoms with Crippen molar-refractivity contribution in [1.82, 2.24) is 0 Å². The molecule has 156 valence electrons. The van der Waals surface area contributed by atoms with E-state index in [1.54, 1.807) is 12.1 Å². The predicted octanol–water partition coefficient (Wildman–Crippen LogP) is 6.16. The molecule has 2 saturated carbocycles. The number of hydrogen-bond donors (Lipinski definition) is 0. The van der Waals surface area contributed by atoms with Crippen LogP contribution in [-0.2, 0) is 15.7 Å². The molecule has 0 saturated heterocycles. The number of halogens is 3. The third-order valence-corrected chi connectivity index (χ3v) is 6.21. The quantitative estimate of drug-likeness (QED) is 0.445. The Morgan fingerprint density at radius 3 is 2.17 bits per heavy atom. The molecule has 2 fully saturated rings. The van der Waals surface area contributed by atoms with E-state index in [1.807, 2.05) is 12.1 Å². The van der Waals surface area contributed by atoms with Crippen LogP contribution in [0.3, 0.4) is 0 Å². The topological polar surface area (TPSA) is 50.1 Å². The normalized spacial score (nSPS) is 28.1. The molecule has 2 aliphatic rings. The molecule has 29 heavy (non-hydrogen) atoms. The molecule has 1 aromatic carbocycles. The second-order valence-corrected chi connectivity index (χ2v) is 8.13. The minimum atomic E-state index is -4.31. The highest BCUT2D eigenvalue weighted by molar-refractivity contribution is 5.72. The fourth-order valence-corrected chi connectivity index (χ4v) is 4.45. The average molecular weight is 405 g/mol. The zero-order valence-electron chi connectivity index (χ0n) is 16.3. The number of nitrogens with zero attached hydrogens (tertiary/aromatic N) is 1. The smallest absolute Gasteiger partial charge is 0.416 e. The van der Waals surface area contributed by atoms with Crippen molar-refractivity contribution in [2.24, 2.45) is 11.8 Å². The average Bonchev–Trinajstić information content (AvgIpc) is 2.73. The molecule has 6 heteroatoms. The number of ether oxygens (including phenoxy) is 1. The molecular formula is C23H26F3NO2. The number of esters is 1. The van der Waals surface area contributed by atoms with Gasteiger partial charge in [0.2, 0.25) is 0 Å². The fourth-order valence-electron chi connectivity index (χ4n) is 4.45. The van der Waals surface area contributed by atoms with Gasteiger partial charge in [0.15, 0.2) is 0 Å².